The zero-order valence-electron chi connectivity index (χ0n) is 19.5. The van der Waals surface area contributed by atoms with Gasteiger partial charge in [0.25, 0.3) is 5.91 Å². The Bertz CT molecular complexity index is 1230. The molecule has 2 aromatic carbocycles. The van der Waals surface area contributed by atoms with Crippen molar-refractivity contribution in [2.45, 2.75) is 58.4 Å². The molecule has 0 saturated carbocycles. The van der Waals surface area contributed by atoms with Gasteiger partial charge in [-0.2, -0.15) is 0 Å². The maximum atomic E-state index is 13.5. The smallest absolute Gasteiger partial charge is 0.334 e. The Labute approximate surface area is 203 Å². The summed E-state index contributed by atoms with van der Waals surface area (Å²) in [5, 5.41) is 24.2. The van der Waals surface area contributed by atoms with Crippen LogP contribution in [0.15, 0.2) is 42.5 Å². The number of rotatable bonds is 9. The second kappa shape index (κ2) is 10.3. The molecule has 0 aliphatic rings. The largest absolute Gasteiger partial charge is 0.508 e. The maximum absolute atomic E-state index is 13.5. The molecule has 1 amide bonds. The van der Waals surface area contributed by atoms with Gasteiger partial charge in [-0.1, -0.05) is 44.2 Å². The molecule has 3 rings (SSSR count). The molecule has 0 fully saturated rings. The molecule has 0 bridgehead atoms. The minimum absolute atomic E-state index is 0.0714. The highest BCUT2D eigenvalue weighted by Crippen LogP contribution is 2.40. The Kier molecular flexibility index (Phi) is 7.67. The Morgan fingerprint density at radius 3 is 2.32 bits per heavy atom. The van der Waals surface area contributed by atoms with Crippen LogP contribution in [-0.2, 0) is 15.1 Å². The number of hydrogen-bond acceptors (Lipinski definition) is 4. The van der Waals surface area contributed by atoms with Crippen molar-refractivity contribution in [1.29, 1.82) is 0 Å². The first-order valence-electron chi connectivity index (χ1n) is 11.3. The van der Waals surface area contributed by atoms with E-state index >= 15 is 0 Å². The van der Waals surface area contributed by atoms with E-state index in [1.165, 1.54) is 23.6 Å². The van der Waals surface area contributed by atoms with Crippen molar-refractivity contribution in [2.75, 3.05) is 0 Å². The minimum atomic E-state index is -1.76. The maximum Gasteiger partial charge on any atom is 0.334 e. The number of nitrogens with zero attached hydrogens (tertiary/aromatic N) is 1. The van der Waals surface area contributed by atoms with E-state index in [1.807, 2.05) is 0 Å². The number of fused-ring (bicyclic) bond motifs is 1. The fourth-order valence-electron chi connectivity index (χ4n) is 4.56. The summed E-state index contributed by atoms with van der Waals surface area (Å²) in [4.78, 5) is 38.6. The van der Waals surface area contributed by atoms with Crippen LogP contribution < -0.4 is 5.32 Å². The number of nitrogens with one attached hydrogen (secondary N) is 1. The number of carboxylic acids is 1. The predicted molar refractivity (Wildman–Crippen MR) is 131 cm³/mol. The summed E-state index contributed by atoms with van der Waals surface area (Å²) in [5.74, 6) is -2.16. The fraction of sp³-hybridized carbons (Fsp3) is 0.346. The lowest BCUT2D eigenvalue weighted by molar-refractivity contribution is -0.148. The molecule has 0 radical (unpaired) electrons. The summed E-state index contributed by atoms with van der Waals surface area (Å²) in [7, 11) is 0. The van der Waals surface area contributed by atoms with E-state index in [0.717, 1.165) is 19.3 Å². The number of carbonyl (C=O) groups is 3. The molecule has 180 valence electrons. The molecule has 1 unspecified atom stereocenters. The molecule has 1 atom stereocenters. The number of unbranched alkanes of at least 4 members (excludes halogenated alkanes) is 3. The van der Waals surface area contributed by atoms with Gasteiger partial charge in [0, 0.05) is 34.2 Å². The summed E-state index contributed by atoms with van der Waals surface area (Å²) in [6.07, 6.45) is 3.43. The second-order valence-electron chi connectivity index (χ2n) is 8.51. The number of amides is 1. The number of phenols is 1. The third kappa shape index (κ3) is 4.80. The van der Waals surface area contributed by atoms with Crippen LogP contribution in [0, 0.1) is 6.92 Å². The normalized spacial score (nSPS) is 12.9. The van der Waals surface area contributed by atoms with Gasteiger partial charge in [0.2, 0.25) is 5.91 Å². The number of halogens is 1. The monoisotopic (exact) mass is 484 g/mol. The number of aromatic hydroxyl groups is 1. The van der Waals surface area contributed by atoms with Gasteiger partial charge in [0.05, 0.1) is 5.52 Å². The predicted octanol–water partition coefficient (Wildman–Crippen LogP) is 5.38. The molecule has 34 heavy (non-hydrogen) atoms. The zero-order chi connectivity index (χ0) is 25.0. The third-order valence-corrected chi connectivity index (χ3v) is 6.32. The van der Waals surface area contributed by atoms with E-state index in [4.69, 9.17) is 11.6 Å². The van der Waals surface area contributed by atoms with Crippen molar-refractivity contribution in [3.63, 3.8) is 0 Å². The summed E-state index contributed by atoms with van der Waals surface area (Å²) >= 11 is 5.97. The average Bonchev–Trinajstić information content (AvgIpc) is 3.06. The van der Waals surface area contributed by atoms with E-state index < -0.39 is 17.4 Å². The number of phenolic OH excluding ortho intramolecular Hbond substituents is 1. The van der Waals surface area contributed by atoms with E-state index in [0.29, 0.717) is 39.2 Å². The molecule has 1 heterocycles. The van der Waals surface area contributed by atoms with E-state index in [1.54, 1.807) is 37.3 Å². The highest BCUT2D eigenvalue weighted by molar-refractivity contribution is 6.30. The lowest BCUT2D eigenvalue weighted by Crippen LogP contribution is -2.51. The molecule has 7 nitrogen and oxygen atoms in total. The van der Waals surface area contributed by atoms with Crippen LogP contribution in [0.4, 0.5) is 0 Å². The fourth-order valence-corrected chi connectivity index (χ4v) is 4.69. The molecule has 3 aromatic rings. The van der Waals surface area contributed by atoms with Crippen LogP contribution in [0.3, 0.4) is 0 Å². The molecule has 3 N–H and O–H groups in total. The Morgan fingerprint density at radius 2 is 1.74 bits per heavy atom. The van der Waals surface area contributed by atoms with E-state index in [-0.39, 0.29) is 18.1 Å². The Balaban J connectivity index is 2.30. The van der Waals surface area contributed by atoms with Gasteiger partial charge < -0.3 is 15.5 Å². The highest BCUT2D eigenvalue weighted by atomic mass is 35.5. The molecule has 0 spiro atoms. The van der Waals surface area contributed by atoms with Gasteiger partial charge in [-0.15, -0.1) is 0 Å². The van der Waals surface area contributed by atoms with Crippen LogP contribution in [0.2, 0.25) is 5.02 Å². The Hall–Kier alpha value is -3.32. The summed E-state index contributed by atoms with van der Waals surface area (Å²) in [6, 6.07) is 10.9. The van der Waals surface area contributed by atoms with E-state index in [2.05, 4.69) is 12.2 Å². The van der Waals surface area contributed by atoms with Crippen molar-refractivity contribution in [1.82, 2.24) is 9.88 Å². The van der Waals surface area contributed by atoms with Gasteiger partial charge in [0.1, 0.15) is 5.75 Å². The van der Waals surface area contributed by atoms with Gasteiger partial charge in [-0.25, -0.2) is 4.79 Å². The van der Waals surface area contributed by atoms with Crippen molar-refractivity contribution >= 4 is 40.3 Å². The molecule has 0 aliphatic heterocycles. The molecule has 8 heteroatoms. The molecular formula is C26H29ClN2O5. The second-order valence-corrected chi connectivity index (χ2v) is 8.95. The van der Waals surface area contributed by atoms with Gasteiger partial charge in [0.15, 0.2) is 5.54 Å². The number of carbonyl (C=O) groups excluding carboxylic acids is 2. The SMILES string of the molecule is CCCCCCC(NC(C)=O)(C(=O)O)c1c(C)n(C(=O)c2ccc(Cl)cc2)c2ccc(O)cc12. The van der Waals surface area contributed by atoms with Gasteiger partial charge >= 0.3 is 5.97 Å². The molecule has 0 saturated heterocycles. The average molecular weight is 485 g/mol. The number of carboxylic acid groups (broad SMARTS) is 1. The van der Waals surface area contributed by atoms with Gasteiger partial charge in [-0.05, 0) is 55.8 Å². The topological polar surface area (TPSA) is 109 Å². The summed E-state index contributed by atoms with van der Waals surface area (Å²) in [5.41, 5.74) is -0.282. The van der Waals surface area contributed by atoms with Crippen molar-refractivity contribution in [3.05, 3.63) is 64.3 Å². The van der Waals surface area contributed by atoms with Crippen LogP contribution in [0.25, 0.3) is 10.9 Å². The molecule has 0 aliphatic carbocycles. The standard InChI is InChI=1S/C26H29ClN2O5/c1-4-5-6-7-14-26(25(33)34,28-17(3)30)23-16(2)29(22-13-12-20(31)15-21(22)23)24(32)18-8-10-19(27)11-9-18/h8-13,15,31H,4-7,14H2,1-3H3,(H,28,30)(H,33,34). The number of aliphatic carboxylic acids is 1. The van der Waals surface area contributed by atoms with Crippen LogP contribution >= 0.6 is 11.6 Å². The number of hydrogen-bond donors (Lipinski definition) is 3. The first kappa shape index (κ1) is 25.3. The van der Waals surface area contributed by atoms with Crippen LogP contribution in [-0.4, -0.2) is 32.6 Å². The Morgan fingerprint density at radius 1 is 1.06 bits per heavy atom. The zero-order valence-corrected chi connectivity index (χ0v) is 20.3. The number of aromatic nitrogens is 1. The van der Waals surface area contributed by atoms with Crippen molar-refractivity contribution in [3.8, 4) is 5.75 Å². The van der Waals surface area contributed by atoms with Gasteiger partial charge in [-0.3, -0.25) is 14.2 Å². The number of benzene rings is 2. The third-order valence-electron chi connectivity index (χ3n) is 6.07. The van der Waals surface area contributed by atoms with E-state index in [9.17, 15) is 24.6 Å². The highest BCUT2D eigenvalue weighted by Gasteiger charge is 2.45. The quantitative estimate of drug-likeness (QED) is 0.353. The first-order valence-corrected chi connectivity index (χ1v) is 11.7. The first-order chi connectivity index (χ1) is 16.1. The lowest BCUT2D eigenvalue weighted by Gasteiger charge is -2.31. The van der Waals surface area contributed by atoms with Crippen molar-refractivity contribution < 1.29 is 24.6 Å². The summed E-state index contributed by atoms with van der Waals surface area (Å²) in [6.45, 7) is 4.99. The van der Waals surface area contributed by atoms with Crippen molar-refractivity contribution in [2.24, 2.45) is 0 Å². The molecule has 1 aromatic heterocycles. The minimum Gasteiger partial charge on any atom is -0.508 e. The molecular weight excluding hydrogens is 456 g/mol. The lowest BCUT2D eigenvalue weighted by atomic mass is 9.82. The van der Waals surface area contributed by atoms with Crippen LogP contribution in [0.1, 0.15) is 67.6 Å². The summed E-state index contributed by atoms with van der Waals surface area (Å²) < 4.78 is 1.43. The van der Waals surface area contributed by atoms with Crippen LogP contribution in [0.5, 0.6) is 5.75 Å².